The minimum Gasteiger partial charge on any atom is -0.450 e. The zero-order chi connectivity index (χ0) is 12.5. The van der Waals surface area contributed by atoms with Crippen LogP contribution in [0.25, 0.3) is 0 Å². The van der Waals surface area contributed by atoms with Gasteiger partial charge >= 0.3 is 6.09 Å². The predicted molar refractivity (Wildman–Crippen MR) is 64.9 cm³/mol. The van der Waals surface area contributed by atoms with Crippen molar-refractivity contribution in [3.8, 4) is 0 Å². The Hall–Kier alpha value is -1.03. The van der Waals surface area contributed by atoms with Crippen molar-refractivity contribution in [3.05, 3.63) is 12.2 Å². The fourth-order valence-corrected chi connectivity index (χ4v) is 2.66. The molecule has 2 aliphatic heterocycles. The Morgan fingerprint density at radius 3 is 2.71 bits per heavy atom. The summed E-state index contributed by atoms with van der Waals surface area (Å²) in [6.45, 7) is 9.79. The monoisotopic (exact) mass is 239 g/mol. The number of ether oxygens (including phenoxy) is 2. The van der Waals surface area contributed by atoms with Crippen LogP contribution in [0, 0.1) is 0 Å². The molecule has 0 N–H and O–H groups in total. The van der Waals surface area contributed by atoms with Crippen LogP contribution in [0.2, 0.25) is 0 Å². The summed E-state index contributed by atoms with van der Waals surface area (Å²) in [5, 5.41) is 0. The predicted octanol–water partition coefficient (Wildman–Crippen LogP) is 2.34. The molecule has 0 aliphatic carbocycles. The summed E-state index contributed by atoms with van der Waals surface area (Å²) in [4.78, 5) is 13.3. The number of nitrogens with zero attached hydrogens (tertiary/aromatic N) is 1. The molecule has 2 saturated heterocycles. The van der Waals surface area contributed by atoms with Crippen LogP contribution in [-0.2, 0) is 9.47 Å². The fourth-order valence-electron chi connectivity index (χ4n) is 2.66. The lowest BCUT2D eigenvalue weighted by Gasteiger charge is -2.38. The Morgan fingerprint density at radius 1 is 1.59 bits per heavy atom. The van der Waals surface area contributed by atoms with Crippen LogP contribution in [0.4, 0.5) is 4.79 Å². The van der Waals surface area contributed by atoms with Crippen molar-refractivity contribution in [2.75, 3.05) is 19.7 Å². The molecule has 2 fully saturated rings. The number of carbonyl (C=O) groups is 1. The first-order chi connectivity index (χ1) is 8.06. The topological polar surface area (TPSA) is 38.8 Å². The zero-order valence-electron chi connectivity index (χ0n) is 10.7. The van der Waals surface area contributed by atoms with E-state index in [1.807, 2.05) is 6.92 Å². The second kappa shape index (κ2) is 4.69. The normalized spacial score (nSPS) is 27.5. The average Bonchev–Trinajstić information content (AvgIpc) is 2.55. The molecule has 0 aromatic rings. The average molecular weight is 239 g/mol. The Bertz CT molecular complexity index is 319. The third-order valence-corrected chi connectivity index (χ3v) is 3.75. The molecule has 0 aromatic heterocycles. The molecule has 0 aromatic carbocycles. The van der Waals surface area contributed by atoms with Crippen molar-refractivity contribution in [2.24, 2.45) is 0 Å². The summed E-state index contributed by atoms with van der Waals surface area (Å²) in [5.41, 5.74) is 1.11. The number of piperidine rings is 1. The second-order valence-electron chi connectivity index (χ2n) is 4.96. The van der Waals surface area contributed by atoms with E-state index in [1.165, 1.54) is 5.57 Å². The Kier molecular flexibility index (Phi) is 3.43. The van der Waals surface area contributed by atoms with Gasteiger partial charge in [0, 0.05) is 13.1 Å². The Balaban J connectivity index is 1.90. The van der Waals surface area contributed by atoms with E-state index in [2.05, 4.69) is 13.5 Å². The van der Waals surface area contributed by atoms with Gasteiger partial charge in [-0.2, -0.15) is 0 Å². The lowest BCUT2D eigenvalue weighted by atomic mass is 9.87. The number of hydrogen-bond acceptors (Lipinski definition) is 3. The standard InChI is InChI=1S/C13H21NO3/c1-4-16-12(15)14-7-5-13(6-8-14)9-10(2)11(3)17-13/h11H,2,4-9H2,1,3H3/t11-/m0/s1. The van der Waals surface area contributed by atoms with E-state index in [0.717, 1.165) is 32.4 Å². The van der Waals surface area contributed by atoms with Crippen LogP contribution in [0.15, 0.2) is 12.2 Å². The molecule has 0 bridgehead atoms. The Morgan fingerprint density at radius 2 is 2.24 bits per heavy atom. The van der Waals surface area contributed by atoms with Gasteiger partial charge in [-0.15, -0.1) is 0 Å². The van der Waals surface area contributed by atoms with Crippen LogP contribution < -0.4 is 0 Å². The molecule has 17 heavy (non-hydrogen) atoms. The van der Waals surface area contributed by atoms with E-state index in [4.69, 9.17) is 9.47 Å². The first kappa shape index (κ1) is 12.4. The van der Waals surface area contributed by atoms with Gasteiger partial charge in [-0.25, -0.2) is 4.79 Å². The molecule has 2 aliphatic rings. The number of carbonyl (C=O) groups excluding carboxylic acids is 1. The number of amides is 1. The van der Waals surface area contributed by atoms with Crippen LogP contribution in [0.1, 0.15) is 33.1 Å². The molecule has 1 spiro atoms. The highest BCUT2D eigenvalue weighted by molar-refractivity contribution is 5.67. The van der Waals surface area contributed by atoms with Crippen molar-refractivity contribution in [2.45, 2.75) is 44.8 Å². The highest BCUT2D eigenvalue weighted by atomic mass is 16.6. The lowest BCUT2D eigenvalue weighted by molar-refractivity contribution is -0.0675. The fraction of sp³-hybridized carbons (Fsp3) is 0.769. The van der Waals surface area contributed by atoms with E-state index < -0.39 is 0 Å². The molecule has 2 rings (SSSR count). The molecule has 1 amide bonds. The van der Waals surface area contributed by atoms with Gasteiger partial charge in [-0.3, -0.25) is 0 Å². The van der Waals surface area contributed by atoms with E-state index in [1.54, 1.807) is 4.90 Å². The van der Waals surface area contributed by atoms with Gasteiger partial charge in [-0.1, -0.05) is 6.58 Å². The summed E-state index contributed by atoms with van der Waals surface area (Å²) in [5.74, 6) is 0. The zero-order valence-corrected chi connectivity index (χ0v) is 10.7. The van der Waals surface area contributed by atoms with Crippen molar-refractivity contribution >= 4 is 6.09 Å². The first-order valence-corrected chi connectivity index (χ1v) is 6.33. The third kappa shape index (κ3) is 2.46. The van der Waals surface area contributed by atoms with Crippen LogP contribution in [-0.4, -0.2) is 42.4 Å². The summed E-state index contributed by atoms with van der Waals surface area (Å²) >= 11 is 0. The minimum absolute atomic E-state index is 0.0699. The molecule has 0 radical (unpaired) electrons. The summed E-state index contributed by atoms with van der Waals surface area (Å²) in [6, 6.07) is 0. The largest absolute Gasteiger partial charge is 0.450 e. The summed E-state index contributed by atoms with van der Waals surface area (Å²) in [6.07, 6.45) is 2.66. The van der Waals surface area contributed by atoms with Crippen LogP contribution in [0.3, 0.4) is 0 Å². The Labute approximate surface area is 103 Å². The molecule has 0 unspecified atom stereocenters. The molecule has 1 atom stereocenters. The van der Waals surface area contributed by atoms with Gasteiger partial charge in [-0.05, 0) is 38.7 Å². The summed E-state index contributed by atoms with van der Waals surface area (Å²) < 4.78 is 11.0. The maximum Gasteiger partial charge on any atom is 0.409 e. The van der Waals surface area contributed by atoms with Gasteiger partial charge in [0.1, 0.15) is 0 Å². The summed E-state index contributed by atoms with van der Waals surface area (Å²) in [7, 11) is 0. The van der Waals surface area contributed by atoms with Crippen molar-refractivity contribution in [1.29, 1.82) is 0 Å². The van der Waals surface area contributed by atoms with E-state index in [-0.39, 0.29) is 17.8 Å². The van der Waals surface area contributed by atoms with Gasteiger partial charge in [0.2, 0.25) is 0 Å². The number of rotatable bonds is 1. The second-order valence-corrected chi connectivity index (χ2v) is 4.96. The van der Waals surface area contributed by atoms with Gasteiger partial charge in [0.05, 0.1) is 18.3 Å². The molecule has 4 nitrogen and oxygen atoms in total. The van der Waals surface area contributed by atoms with Crippen LogP contribution in [0.5, 0.6) is 0 Å². The molecular weight excluding hydrogens is 218 g/mol. The highest BCUT2D eigenvalue weighted by Gasteiger charge is 2.43. The van der Waals surface area contributed by atoms with E-state index in [9.17, 15) is 4.79 Å². The first-order valence-electron chi connectivity index (χ1n) is 6.33. The quantitative estimate of drug-likeness (QED) is 0.659. The molecule has 0 saturated carbocycles. The number of likely N-dealkylation sites (tertiary alicyclic amines) is 1. The molecule has 4 heteroatoms. The third-order valence-electron chi connectivity index (χ3n) is 3.75. The van der Waals surface area contributed by atoms with Crippen molar-refractivity contribution < 1.29 is 14.3 Å². The molecule has 96 valence electrons. The maximum atomic E-state index is 11.6. The van der Waals surface area contributed by atoms with Crippen LogP contribution >= 0.6 is 0 Å². The van der Waals surface area contributed by atoms with Gasteiger partial charge in [0.25, 0.3) is 0 Å². The van der Waals surface area contributed by atoms with Crippen molar-refractivity contribution in [3.63, 3.8) is 0 Å². The lowest BCUT2D eigenvalue weighted by Crippen LogP contribution is -2.46. The molecule has 2 heterocycles. The van der Waals surface area contributed by atoms with E-state index >= 15 is 0 Å². The smallest absolute Gasteiger partial charge is 0.409 e. The molecular formula is C13H21NO3. The van der Waals surface area contributed by atoms with Gasteiger partial charge in [0.15, 0.2) is 0 Å². The SMILES string of the molecule is C=C1CC2(CCN(C(=O)OCC)CC2)O[C@H]1C. The highest BCUT2D eigenvalue weighted by Crippen LogP contribution is 2.40. The maximum absolute atomic E-state index is 11.6. The van der Waals surface area contributed by atoms with Crippen molar-refractivity contribution in [1.82, 2.24) is 4.90 Å². The van der Waals surface area contributed by atoms with Gasteiger partial charge < -0.3 is 14.4 Å². The number of hydrogen-bond donors (Lipinski definition) is 0. The minimum atomic E-state index is -0.202. The van der Waals surface area contributed by atoms with E-state index in [0.29, 0.717) is 6.61 Å².